The Labute approximate surface area is 124 Å². The summed E-state index contributed by atoms with van der Waals surface area (Å²) in [5, 5.41) is 9.25. The van der Waals surface area contributed by atoms with Crippen molar-refractivity contribution in [2.75, 3.05) is 18.8 Å². The average molecular weight is 294 g/mol. The summed E-state index contributed by atoms with van der Waals surface area (Å²) in [4.78, 5) is 14.3. The zero-order valence-corrected chi connectivity index (χ0v) is 12.8. The zero-order valence-electron chi connectivity index (χ0n) is 12.0. The standard InChI is InChI=1S/C15H22N2O2S/c1-15(2)10-17(7-8-20-15)14(19)13(16)9-11-3-5-12(18)6-4-11/h3-6,13,18H,7-10,16H2,1-2H3. The first-order chi connectivity index (χ1) is 9.37. The molecule has 1 aromatic carbocycles. The average Bonchev–Trinajstić information content (AvgIpc) is 2.39. The molecule has 20 heavy (non-hydrogen) atoms. The van der Waals surface area contributed by atoms with Gasteiger partial charge in [0.15, 0.2) is 0 Å². The number of hydrogen-bond acceptors (Lipinski definition) is 4. The third-order valence-electron chi connectivity index (χ3n) is 3.45. The molecule has 1 heterocycles. The lowest BCUT2D eigenvalue weighted by atomic mass is 10.0. The molecule has 0 bridgehead atoms. The minimum absolute atomic E-state index is 0.0199. The van der Waals surface area contributed by atoms with E-state index in [1.165, 1.54) is 0 Å². The molecule has 0 aromatic heterocycles. The normalized spacial score (nSPS) is 19.6. The monoisotopic (exact) mass is 294 g/mol. The highest BCUT2D eigenvalue weighted by molar-refractivity contribution is 8.00. The van der Waals surface area contributed by atoms with Crippen molar-refractivity contribution in [1.29, 1.82) is 0 Å². The van der Waals surface area contributed by atoms with Gasteiger partial charge in [0.2, 0.25) is 5.91 Å². The number of benzene rings is 1. The maximum atomic E-state index is 12.4. The van der Waals surface area contributed by atoms with Crippen LogP contribution in [0.25, 0.3) is 0 Å². The number of hydrogen-bond donors (Lipinski definition) is 2. The molecule has 5 heteroatoms. The lowest BCUT2D eigenvalue weighted by Gasteiger charge is -2.38. The Kier molecular flexibility index (Phi) is 4.60. The lowest BCUT2D eigenvalue weighted by molar-refractivity contribution is -0.132. The van der Waals surface area contributed by atoms with Crippen LogP contribution in [0.3, 0.4) is 0 Å². The zero-order chi connectivity index (χ0) is 14.8. The van der Waals surface area contributed by atoms with Crippen LogP contribution in [-0.4, -0.2) is 45.5 Å². The summed E-state index contributed by atoms with van der Waals surface area (Å²) in [5.41, 5.74) is 7.01. The van der Waals surface area contributed by atoms with E-state index in [9.17, 15) is 9.90 Å². The molecule has 1 aliphatic rings. The van der Waals surface area contributed by atoms with E-state index in [0.717, 1.165) is 24.4 Å². The number of nitrogens with two attached hydrogens (primary N) is 1. The molecular weight excluding hydrogens is 272 g/mol. The van der Waals surface area contributed by atoms with Crippen molar-refractivity contribution in [2.45, 2.75) is 31.1 Å². The second kappa shape index (κ2) is 6.06. The van der Waals surface area contributed by atoms with Gasteiger partial charge in [-0.05, 0) is 38.0 Å². The van der Waals surface area contributed by atoms with Gasteiger partial charge in [0.05, 0.1) is 6.04 Å². The highest BCUT2D eigenvalue weighted by Crippen LogP contribution is 2.29. The molecule has 1 amide bonds. The molecule has 1 fully saturated rings. The van der Waals surface area contributed by atoms with Crippen LogP contribution in [0.5, 0.6) is 5.75 Å². The summed E-state index contributed by atoms with van der Waals surface area (Å²) >= 11 is 1.90. The van der Waals surface area contributed by atoms with Crippen molar-refractivity contribution in [3.05, 3.63) is 29.8 Å². The molecule has 1 atom stereocenters. The molecule has 1 aliphatic heterocycles. The predicted octanol–water partition coefficient (Wildman–Crippen LogP) is 1.62. The quantitative estimate of drug-likeness (QED) is 0.889. The number of phenols is 1. The van der Waals surface area contributed by atoms with Crippen LogP contribution >= 0.6 is 11.8 Å². The van der Waals surface area contributed by atoms with Crippen molar-refractivity contribution < 1.29 is 9.90 Å². The highest BCUT2D eigenvalue weighted by atomic mass is 32.2. The van der Waals surface area contributed by atoms with Crippen molar-refractivity contribution in [2.24, 2.45) is 5.73 Å². The number of rotatable bonds is 3. The van der Waals surface area contributed by atoms with E-state index < -0.39 is 6.04 Å². The minimum Gasteiger partial charge on any atom is -0.508 e. The van der Waals surface area contributed by atoms with Gasteiger partial charge in [-0.25, -0.2) is 0 Å². The Morgan fingerprint density at radius 1 is 1.45 bits per heavy atom. The maximum Gasteiger partial charge on any atom is 0.239 e. The maximum absolute atomic E-state index is 12.4. The molecule has 4 nitrogen and oxygen atoms in total. The smallest absolute Gasteiger partial charge is 0.239 e. The van der Waals surface area contributed by atoms with Crippen LogP contribution in [0.2, 0.25) is 0 Å². The first-order valence-electron chi connectivity index (χ1n) is 6.84. The number of aromatic hydroxyl groups is 1. The third-order valence-corrected chi connectivity index (χ3v) is 4.74. The van der Waals surface area contributed by atoms with Crippen LogP contribution in [0, 0.1) is 0 Å². The molecule has 3 N–H and O–H groups in total. The Hall–Kier alpha value is -1.20. The topological polar surface area (TPSA) is 66.6 Å². The van der Waals surface area contributed by atoms with E-state index in [4.69, 9.17) is 5.73 Å². The Bertz CT molecular complexity index is 473. The molecule has 0 spiro atoms. The number of phenolic OH excluding ortho intramolecular Hbond substituents is 1. The number of amides is 1. The van der Waals surface area contributed by atoms with E-state index >= 15 is 0 Å². The van der Waals surface area contributed by atoms with Gasteiger partial charge in [-0.1, -0.05) is 12.1 Å². The molecule has 0 radical (unpaired) electrons. The summed E-state index contributed by atoms with van der Waals surface area (Å²) in [6.45, 7) is 5.83. The Morgan fingerprint density at radius 3 is 2.70 bits per heavy atom. The summed E-state index contributed by atoms with van der Waals surface area (Å²) in [6.07, 6.45) is 0.503. The fraction of sp³-hybridized carbons (Fsp3) is 0.533. The fourth-order valence-electron chi connectivity index (χ4n) is 2.41. The SMILES string of the molecule is CC1(C)CN(C(=O)C(N)Cc2ccc(O)cc2)CCS1. The largest absolute Gasteiger partial charge is 0.508 e. The van der Waals surface area contributed by atoms with Crippen LogP contribution in [0.1, 0.15) is 19.4 Å². The third kappa shape index (κ3) is 3.90. The number of thioether (sulfide) groups is 1. The van der Waals surface area contributed by atoms with E-state index in [1.54, 1.807) is 24.3 Å². The lowest BCUT2D eigenvalue weighted by Crippen LogP contribution is -2.52. The van der Waals surface area contributed by atoms with E-state index in [0.29, 0.717) is 6.42 Å². The van der Waals surface area contributed by atoms with Crippen molar-refractivity contribution in [3.8, 4) is 5.75 Å². The van der Waals surface area contributed by atoms with Gasteiger partial charge in [-0.15, -0.1) is 0 Å². The second-order valence-corrected chi connectivity index (χ2v) is 7.65. The summed E-state index contributed by atoms with van der Waals surface area (Å²) in [5.74, 6) is 1.21. The number of carbonyl (C=O) groups excluding carboxylic acids is 1. The molecule has 1 aromatic rings. The first-order valence-corrected chi connectivity index (χ1v) is 7.82. The molecule has 0 saturated carbocycles. The van der Waals surface area contributed by atoms with Gasteiger partial charge in [-0.2, -0.15) is 11.8 Å². The first kappa shape index (κ1) is 15.2. The highest BCUT2D eigenvalue weighted by Gasteiger charge is 2.31. The Balaban J connectivity index is 1.96. The van der Waals surface area contributed by atoms with Crippen molar-refractivity contribution >= 4 is 17.7 Å². The van der Waals surface area contributed by atoms with Crippen molar-refractivity contribution in [3.63, 3.8) is 0 Å². The van der Waals surface area contributed by atoms with E-state index in [2.05, 4.69) is 13.8 Å². The van der Waals surface area contributed by atoms with Gasteiger partial charge < -0.3 is 15.7 Å². The van der Waals surface area contributed by atoms with Crippen LogP contribution in [-0.2, 0) is 11.2 Å². The van der Waals surface area contributed by atoms with Crippen LogP contribution in [0.4, 0.5) is 0 Å². The molecular formula is C15H22N2O2S. The minimum atomic E-state index is -0.515. The van der Waals surface area contributed by atoms with Crippen molar-refractivity contribution in [1.82, 2.24) is 4.90 Å². The van der Waals surface area contributed by atoms with Gasteiger partial charge in [-0.3, -0.25) is 4.79 Å². The molecule has 110 valence electrons. The van der Waals surface area contributed by atoms with E-state index in [-0.39, 0.29) is 16.4 Å². The summed E-state index contributed by atoms with van der Waals surface area (Å²) < 4.78 is 0.103. The fourth-order valence-corrected chi connectivity index (χ4v) is 3.52. The van der Waals surface area contributed by atoms with Gasteiger partial charge in [0, 0.05) is 23.6 Å². The molecule has 1 unspecified atom stereocenters. The molecule has 2 rings (SSSR count). The van der Waals surface area contributed by atoms with E-state index in [1.807, 2.05) is 16.7 Å². The van der Waals surface area contributed by atoms with Gasteiger partial charge in [0.1, 0.15) is 5.75 Å². The Morgan fingerprint density at radius 2 is 2.10 bits per heavy atom. The molecule has 0 aliphatic carbocycles. The molecule has 1 saturated heterocycles. The van der Waals surface area contributed by atoms with Crippen LogP contribution < -0.4 is 5.73 Å². The summed E-state index contributed by atoms with van der Waals surface area (Å²) in [7, 11) is 0. The predicted molar refractivity (Wildman–Crippen MR) is 82.9 cm³/mol. The number of nitrogens with zero attached hydrogens (tertiary/aromatic N) is 1. The summed E-state index contributed by atoms with van der Waals surface area (Å²) in [6, 6.07) is 6.33. The number of carbonyl (C=O) groups is 1. The van der Waals surface area contributed by atoms with Crippen LogP contribution in [0.15, 0.2) is 24.3 Å². The van der Waals surface area contributed by atoms with Gasteiger partial charge >= 0.3 is 0 Å². The van der Waals surface area contributed by atoms with Gasteiger partial charge in [0.25, 0.3) is 0 Å². The second-order valence-electron chi connectivity index (χ2n) is 5.85.